The van der Waals surface area contributed by atoms with Crippen molar-refractivity contribution in [1.29, 1.82) is 0 Å². The van der Waals surface area contributed by atoms with Gasteiger partial charge >= 0.3 is 0 Å². The summed E-state index contributed by atoms with van der Waals surface area (Å²) >= 11 is 0. The van der Waals surface area contributed by atoms with Crippen LogP contribution in [0.15, 0.2) is 170 Å². The van der Waals surface area contributed by atoms with Crippen molar-refractivity contribution in [3.05, 3.63) is 181 Å². The number of nitrogens with zero attached hydrogens (tertiary/aromatic N) is 4. The largest absolute Gasteiger partial charge is 0.309 e. The molecule has 1 aliphatic rings. The van der Waals surface area contributed by atoms with Crippen molar-refractivity contribution in [1.82, 2.24) is 19.1 Å². The van der Waals surface area contributed by atoms with Gasteiger partial charge in [-0.05, 0) is 93.7 Å². The van der Waals surface area contributed by atoms with Gasteiger partial charge in [-0.3, -0.25) is 4.57 Å². The predicted octanol–water partition coefficient (Wildman–Crippen LogP) is 13.0. The van der Waals surface area contributed by atoms with Crippen LogP contribution in [0.1, 0.15) is 25.0 Å². The first-order valence-electron chi connectivity index (χ1n) is 19.0. The van der Waals surface area contributed by atoms with Gasteiger partial charge in [0.25, 0.3) is 0 Å². The van der Waals surface area contributed by atoms with Gasteiger partial charge in [-0.15, -0.1) is 0 Å². The van der Waals surface area contributed by atoms with Crippen LogP contribution in [0.3, 0.4) is 0 Å². The Balaban J connectivity index is 1.11. The topological polar surface area (TPSA) is 35.6 Å². The summed E-state index contributed by atoms with van der Waals surface area (Å²) in [6, 6.07) is 61.6. The van der Waals surface area contributed by atoms with Crippen molar-refractivity contribution < 1.29 is 0 Å². The predicted molar refractivity (Wildman–Crippen MR) is 229 cm³/mol. The van der Waals surface area contributed by atoms with Crippen molar-refractivity contribution >= 4 is 65.4 Å². The van der Waals surface area contributed by atoms with E-state index in [1.807, 2.05) is 12.1 Å². The molecule has 11 aromatic rings. The van der Waals surface area contributed by atoms with Gasteiger partial charge in [-0.2, -0.15) is 0 Å². The molecule has 0 bridgehead atoms. The number of hydrogen-bond acceptors (Lipinski definition) is 2. The highest BCUT2D eigenvalue weighted by Gasteiger charge is 2.35. The van der Waals surface area contributed by atoms with Crippen molar-refractivity contribution in [2.24, 2.45) is 0 Å². The molecule has 0 saturated heterocycles. The molecule has 0 saturated carbocycles. The summed E-state index contributed by atoms with van der Waals surface area (Å²) in [6.45, 7) is 4.67. The van der Waals surface area contributed by atoms with E-state index in [0.29, 0.717) is 0 Å². The molecule has 0 spiro atoms. The molecule has 4 heteroatoms. The summed E-state index contributed by atoms with van der Waals surface area (Å²) in [4.78, 5) is 10.9. The third-order valence-electron chi connectivity index (χ3n) is 12.1. The first kappa shape index (κ1) is 30.4. The monoisotopic (exact) mass is 702 g/mol. The van der Waals surface area contributed by atoms with Crippen LogP contribution in [0.25, 0.3) is 99.3 Å². The molecule has 0 aliphatic heterocycles. The number of para-hydroxylation sites is 5. The van der Waals surface area contributed by atoms with Crippen molar-refractivity contribution in [2.75, 3.05) is 0 Å². The Labute approximate surface area is 317 Å². The zero-order chi connectivity index (χ0) is 36.4. The van der Waals surface area contributed by atoms with Gasteiger partial charge in [0.1, 0.15) is 5.69 Å². The average Bonchev–Trinajstić information content (AvgIpc) is 3.82. The lowest BCUT2D eigenvalue weighted by Gasteiger charge is -2.22. The second kappa shape index (κ2) is 11.0. The molecule has 55 heavy (non-hydrogen) atoms. The van der Waals surface area contributed by atoms with Crippen LogP contribution >= 0.6 is 0 Å². The molecular weight excluding hydrogens is 669 g/mol. The number of fused-ring (bicyclic) bond motifs is 11. The molecule has 0 amide bonds. The molecule has 8 aromatic carbocycles. The molecule has 258 valence electrons. The van der Waals surface area contributed by atoms with Gasteiger partial charge in [-0.1, -0.05) is 123 Å². The Bertz CT molecular complexity index is 3360. The molecule has 4 nitrogen and oxygen atoms in total. The molecule has 3 heterocycles. The second-order valence-electron chi connectivity index (χ2n) is 15.4. The third-order valence-corrected chi connectivity index (χ3v) is 12.1. The zero-order valence-corrected chi connectivity index (χ0v) is 30.5. The van der Waals surface area contributed by atoms with Gasteiger partial charge in [0.05, 0.1) is 33.1 Å². The summed E-state index contributed by atoms with van der Waals surface area (Å²) in [6.07, 6.45) is 0. The average molecular weight is 703 g/mol. The van der Waals surface area contributed by atoms with E-state index in [1.165, 1.54) is 65.6 Å². The highest BCUT2D eigenvalue weighted by Crippen LogP contribution is 2.50. The van der Waals surface area contributed by atoms with E-state index in [-0.39, 0.29) is 5.41 Å². The van der Waals surface area contributed by atoms with Gasteiger partial charge in [0.2, 0.25) is 0 Å². The minimum atomic E-state index is -0.129. The Morgan fingerprint density at radius 3 is 1.76 bits per heavy atom. The standard InChI is InChI=1S/C51H34N4/c1-51(2)41-17-7-3-13-35(41)36-26-24-32(29-42(36)51)49-50(53-44-19-9-8-18-43(44)52-49)55-47-22-12-6-16-39(47)40-28-33-27-34(25-23-31(33)30-48(40)55)54-45-20-10-4-14-37(45)38-15-5-11-21-46(38)54/h3-30H,1-2H3. The summed E-state index contributed by atoms with van der Waals surface area (Å²) in [5.74, 6) is 0.833. The lowest BCUT2D eigenvalue weighted by molar-refractivity contribution is 0.660. The fourth-order valence-electron chi connectivity index (χ4n) is 9.46. The molecule has 0 radical (unpaired) electrons. The quantitative estimate of drug-likeness (QED) is 0.184. The minimum Gasteiger partial charge on any atom is -0.309 e. The SMILES string of the molecule is CC1(C)c2ccccc2-c2ccc(-c3nc4ccccc4nc3-n3c4ccccc4c4cc5cc(-n6c7ccccc7c7ccccc76)ccc5cc43)cc21. The van der Waals surface area contributed by atoms with E-state index in [4.69, 9.17) is 9.97 Å². The summed E-state index contributed by atoms with van der Waals surface area (Å²) in [7, 11) is 0. The van der Waals surface area contributed by atoms with Crippen LogP contribution < -0.4 is 0 Å². The fraction of sp³-hybridized carbons (Fsp3) is 0.0588. The summed E-state index contributed by atoms with van der Waals surface area (Å²) in [5.41, 5.74) is 14.6. The first-order valence-corrected chi connectivity index (χ1v) is 19.0. The first-order chi connectivity index (χ1) is 27.0. The molecule has 0 N–H and O–H groups in total. The highest BCUT2D eigenvalue weighted by atomic mass is 15.1. The van der Waals surface area contributed by atoms with Crippen LogP contribution in [0.4, 0.5) is 0 Å². The van der Waals surface area contributed by atoms with E-state index < -0.39 is 0 Å². The number of rotatable bonds is 3. The summed E-state index contributed by atoms with van der Waals surface area (Å²) in [5, 5.41) is 7.27. The zero-order valence-electron chi connectivity index (χ0n) is 30.5. The fourth-order valence-corrected chi connectivity index (χ4v) is 9.46. The molecule has 1 aliphatic carbocycles. The van der Waals surface area contributed by atoms with Crippen LogP contribution in [0, 0.1) is 0 Å². The normalized spacial score (nSPS) is 13.4. The van der Waals surface area contributed by atoms with E-state index in [0.717, 1.165) is 44.8 Å². The Kier molecular flexibility index (Phi) is 6.09. The molecule has 3 aromatic heterocycles. The number of benzene rings is 8. The van der Waals surface area contributed by atoms with E-state index in [9.17, 15) is 0 Å². The number of aromatic nitrogens is 4. The van der Waals surface area contributed by atoms with Crippen LogP contribution in [-0.4, -0.2) is 19.1 Å². The van der Waals surface area contributed by atoms with Crippen molar-refractivity contribution in [3.8, 4) is 33.9 Å². The van der Waals surface area contributed by atoms with Gasteiger partial charge in [0, 0.05) is 38.2 Å². The molecule has 12 rings (SSSR count). The number of hydrogen-bond donors (Lipinski definition) is 0. The maximum Gasteiger partial charge on any atom is 0.165 e. The molecule has 0 unspecified atom stereocenters. The second-order valence-corrected chi connectivity index (χ2v) is 15.4. The molecule has 0 fully saturated rings. The van der Waals surface area contributed by atoms with Gasteiger partial charge in [-0.25, -0.2) is 9.97 Å². The van der Waals surface area contributed by atoms with Crippen LogP contribution in [-0.2, 0) is 5.41 Å². The van der Waals surface area contributed by atoms with Crippen molar-refractivity contribution in [3.63, 3.8) is 0 Å². The van der Waals surface area contributed by atoms with E-state index >= 15 is 0 Å². The van der Waals surface area contributed by atoms with E-state index in [2.05, 4.69) is 181 Å². The Morgan fingerprint density at radius 1 is 0.418 bits per heavy atom. The van der Waals surface area contributed by atoms with E-state index in [1.54, 1.807) is 0 Å². The maximum atomic E-state index is 5.45. The highest BCUT2D eigenvalue weighted by molar-refractivity contribution is 6.14. The van der Waals surface area contributed by atoms with Crippen LogP contribution in [0.2, 0.25) is 0 Å². The Morgan fingerprint density at radius 2 is 1.02 bits per heavy atom. The van der Waals surface area contributed by atoms with Crippen molar-refractivity contribution in [2.45, 2.75) is 19.3 Å². The van der Waals surface area contributed by atoms with Gasteiger partial charge < -0.3 is 4.57 Å². The minimum absolute atomic E-state index is 0.129. The smallest absolute Gasteiger partial charge is 0.165 e. The lowest BCUT2D eigenvalue weighted by atomic mass is 9.82. The third kappa shape index (κ3) is 4.22. The lowest BCUT2D eigenvalue weighted by Crippen LogP contribution is -2.15. The Hall–Kier alpha value is -7.04. The molecule has 0 atom stereocenters. The summed E-state index contributed by atoms with van der Waals surface area (Å²) < 4.78 is 4.73. The van der Waals surface area contributed by atoms with Crippen LogP contribution in [0.5, 0.6) is 0 Å². The molecular formula is C51H34N4. The van der Waals surface area contributed by atoms with Gasteiger partial charge in [0.15, 0.2) is 5.82 Å². The maximum absolute atomic E-state index is 5.45.